The summed E-state index contributed by atoms with van der Waals surface area (Å²) >= 11 is 9.42. The predicted octanol–water partition coefficient (Wildman–Crippen LogP) is 4.09. The predicted molar refractivity (Wildman–Crippen MR) is 63.1 cm³/mol. The van der Waals surface area contributed by atoms with Crippen molar-refractivity contribution in [3.8, 4) is 0 Å². The molecule has 72 valence electrons. The van der Waals surface area contributed by atoms with Gasteiger partial charge in [0.2, 0.25) is 0 Å². The molecule has 0 saturated carbocycles. The van der Waals surface area contributed by atoms with Crippen LogP contribution in [-0.2, 0) is 5.75 Å². The molecule has 0 aliphatic carbocycles. The second-order valence-corrected chi connectivity index (χ2v) is 5.05. The van der Waals surface area contributed by atoms with Crippen molar-refractivity contribution in [1.82, 2.24) is 4.98 Å². The summed E-state index contributed by atoms with van der Waals surface area (Å²) < 4.78 is 0. The zero-order chi connectivity index (χ0) is 9.80. The van der Waals surface area contributed by atoms with E-state index in [0.29, 0.717) is 0 Å². The van der Waals surface area contributed by atoms with E-state index in [1.165, 1.54) is 0 Å². The van der Waals surface area contributed by atoms with E-state index in [9.17, 15) is 0 Å². The summed E-state index contributed by atoms with van der Waals surface area (Å²) in [4.78, 5) is 5.33. The second-order valence-electron chi connectivity index (χ2n) is 2.64. The van der Waals surface area contributed by atoms with Crippen LogP contribution in [0, 0.1) is 0 Å². The molecular weight excluding hydrogens is 234 g/mol. The molecule has 0 atom stereocenters. The fourth-order valence-electron chi connectivity index (χ4n) is 1.03. The van der Waals surface area contributed by atoms with Crippen LogP contribution in [0.4, 0.5) is 0 Å². The first-order valence-corrected chi connectivity index (χ1v) is 6.36. The Labute approximate surface area is 96.1 Å². The monoisotopic (exact) mass is 241 g/mol. The number of rotatable bonds is 3. The van der Waals surface area contributed by atoms with Gasteiger partial charge in [-0.15, -0.1) is 23.1 Å². The van der Waals surface area contributed by atoms with Gasteiger partial charge in [-0.3, -0.25) is 0 Å². The summed E-state index contributed by atoms with van der Waals surface area (Å²) in [5.74, 6) is 0.890. The Hall–Kier alpha value is -0.510. The lowest BCUT2D eigenvalue weighted by atomic mass is 10.4. The Morgan fingerprint density at radius 1 is 1.36 bits per heavy atom. The van der Waals surface area contributed by atoms with Crippen LogP contribution in [0.25, 0.3) is 0 Å². The second kappa shape index (κ2) is 4.82. The number of thioether (sulfide) groups is 1. The molecule has 0 fully saturated rings. The molecule has 1 heterocycles. The van der Waals surface area contributed by atoms with Gasteiger partial charge in [0.25, 0.3) is 0 Å². The number of hydrogen-bond donors (Lipinski definition) is 0. The highest BCUT2D eigenvalue weighted by Crippen LogP contribution is 2.29. The normalized spacial score (nSPS) is 10.4. The van der Waals surface area contributed by atoms with E-state index in [2.05, 4.69) is 4.98 Å². The van der Waals surface area contributed by atoms with Crippen LogP contribution in [0.3, 0.4) is 0 Å². The van der Waals surface area contributed by atoms with Crippen molar-refractivity contribution in [2.24, 2.45) is 0 Å². The third-order valence-corrected chi connectivity index (χ3v) is 4.16. The standard InChI is InChI=1S/C10H8ClNS2/c11-8-3-1-2-4-9(8)14-7-10-12-5-6-13-10/h1-6H,7H2. The van der Waals surface area contributed by atoms with Crippen LogP contribution in [-0.4, -0.2) is 4.98 Å². The first kappa shape index (κ1) is 10.0. The van der Waals surface area contributed by atoms with Gasteiger partial charge in [0.1, 0.15) is 5.01 Å². The maximum atomic E-state index is 6.03. The lowest BCUT2D eigenvalue weighted by Gasteiger charge is -2.00. The van der Waals surface area contributed by atoms with Crippen LogP contribution < -0.4 is 0 Å². The van der Waals surface area contributed by atoms with Crippen molar-refractivity contribution in [1.29, 1.82) is 0 Å². The maximum Gasteiger partial charge on any atom is 0.103 e. The topological polar surface area (TPSA) is 12.9 Å². The molecule has 0 spiro atoms. The van der Waals surface area contributed by atoms with E-state index >= 15 is 0 Å². The largest absolute Gasteiger partial charge is 0.249 e. The average molecular weight is 242 g/mol. The van der Waals surface area contributed by atoms with Gasteiger partial charge < -0.3 is 0 Å². The van der Waals surface area contributed by atoms with Crippen molar-refractivity contribution < 1.29 is 0 Å². The van der Waals surface area contributed by atoms with Crippen LogP contribution >= 0.6 is 34.7 Å². The molecule has 0 amide bonds. The molecule has 0 unspecified atom stereocenters. The zero-order valence-corrected chi connectivity index (χ0v) is 9.70. The van der Waals surface area contributed by atoms with Gasteiger partial charge in [-0.1, -0.05) is 23.7 Å². The van der Waals surface area contributed by atoms with Crippen molar-refractivity contribution >= 4 is 34.7 Å². The van der Waals surface area contributed by atoms with Gasteiger partial charge in [-0.2, -0.15) is 0 Å². The van der Waals surface area contributed by atoms with Gasteiger partial charge in [-0.25, -0.2) is 4.98 Å². The Morgan fingerprint density at radius 2 is 2.21 bits per heavy atom. The lowest BCUT2D eigenvalue weighted by molar-refractivity contribution is 1.26. The molecule has 0 N–H and O–H groups in total. The molecule has 2 aromatic rings. The van der Waals surface area contributed by atoms with E-state index in [1.807, 2.05) is 35.8 Å². The molecule has 2 rings (SSSR count). The van der Waals surface area contributed by atoms with Crippen molar-refractivity contribution in [2.45, 2.75) is 10.6 Å². The molecule has 4 heteroatoms. The molecule has 0 bridgehead atoms. The molecule has 0 saturated heterocycles. The Kier molecular flexibility index (Phi) is 3.45. The SMILES string of the molecule is Clc1ccccc1SCc1nccs1. The van der Waals surface area contributed by atoms with Gasteiger partial charge >= 0.3 is 0 Å². The minimum Gasteiger partial charge on any atom is -0.249 e. The first-order valence-electron chi connectivity index (χ1n) is 4.12. The number of thiazole rings is 1. The molecule has 0 aliphatic heterocycles. The fraction of sp³-hybridized carbons (Fsp3) is 0.100. The Balaban J connectivity index is 2.02. The molecule has 1 nitrogen and oxygen atoms in total. The molecular formula is C10H8ClNS2. The summed E-state index contributed by atoms with van der Waals surface area (Å²) in [7, 11) is 0. The molecule has 14 heavy (non-hydrogen) atoms. The van der Waals surface area contributed by atoms with Gasteiger partial charge in [-0.05, 0) is 12.1 Å². The highest BCUT2D eigenvalue weighted by Gasteiger charge is 2.01. The molecule has 1 aromatic carbocycles. The van der Waals surface area contributed by atoms with Crippen LogP contribution in [0.2, 0.25) is 5.02 Å². The van der Waals surface area contributed by atoms with E-state index in [-0.39, 0.29) is 0 Å². The number of aromatic nitrogens is 1. The summed E-state index contributed by atoms with van der Waals surface area (Å²) in [6, 6.07) is 7.87. The third-order valence-electron chi connectivity index (χ3n) is 1.67. The Bertz CT molecular complexity index is 400. The van der Waals surface area contributed by atoms with E-state index in [0.717, 1.165) is 20.7 Å². The molecule has 0 aliphatic rings. The maximum absolute atomic E-state index is 6.03. The van der Waals surface area contributed by atoms with Crippen molar-refractivity contribution in [3.63, 3.8) is 0 Å². The minimum absolute atomic E-state index is 0.814. The van der Waals surface area contributed by atoms with E-state index in [1.54, 1.807) is 23.1 Å². The number of hydrogen-bond acceptors (Lipinski definition) is 3. The first-order chi connectivity index (χ1) is 6.86. The third kappa shape index (κ3) is 2.50. The number of nitrogens with zero attached hydrogens (tertiary/aromatic N) is 1. The van der Waals surface area contributed by atoms with E-state index < -0.39 is 0 Å². The smallest absolute Gasteiger partial charge is 0.103 e. The summed E-state index contributed by atoms with van der Waals surface area (Å²) in [5, 5.41) is 3.94. The highest BCUT2D eigenvalue weighted by molar-refractivity contribution is 7.98. The van der Waals surface area contributed by atoms with Gasteiger partial charge in [0.15, 0.2) is 0 Å². The minimum atomic E-state index is 0.814. The zero-order valence-electron chi connectivity index (χ0n) is 7.31. The van der Waals surface area contributed by atoms with Crippen molar-refractivity contribution in [3.05, 3.63) is 45.9 Å². The van der Waals surface area contributed by atoms with Crippen molar-refractivity contribution in [2.75, 3.05) is 0 Å². The number of halogens is 1. The molecule has 0 radical (unpaired) electrons. The van der Waals surface area contributed by atoms with Gasteiger partial charge in [0, 0.05) is 16.5 Å². The summed E-state index contributed by atoms with van der Waals surface area (Å²) in [6.07, 6.45) is 1.83. The quantitative estimate of drug-likeness (QED) is 0.751. The average Bonchev–Trinajstić information content (AvgIpc) is 2.69. The molecule has 1 aromatic heterocycles. The van der Waals surface area contributed by atoms with Crippen LogP contribution in [0.5, 0.6) is 0 Å². The van der Waals surface area contributed by atoms with Gasteiger partial charge in [0.05, 0.1) is 10.8 Å². The van der Waals surface area contributed by atoms with E-state index in [4.69, 9.17) is 11.6 Å². The summed E-state index contributed by atoms with van der Waals surface area (Å²) in [6.45, 7) is 0. The highest BCUT2D eigenvalue weighted by atomic mass is 35.5. The Morgan fingerprint density at radius 3 is 2.93 bits per heavy atom. The van der Waals surface area contributed by atoms with Crippen LogP contribution in [0.15, 0.2) is 40.7 Å². The number of benzene rings is 1. The fourth-order valence-corrected chi connectivity index (χ4v) is 2.91. The lowest BCUT2D eigenvalue weighted by Crippen LogP contribution is -1.78. The summed E-state index contributed by atoms with van der Waals surface area (Å²) in [5.41, 5.74) is 0. The van der Waals surface area contributed by atoms with Crippen LogP contribution in [0.1, 0.15) is 5.01 Å².